The molecule has 1 aromatic rings. The molecule has 0 aliphatic rings. The molecule has 1 atom stereocenters. The van der Waals surface area contributed by atoms with E-state index < -0.39 is 11.1 Å². The van der Waals surface area contributed by atoms with Gasteiger partial charge >= 0.3 is 18.9 Å². The summed E-state index contributed by atoms with van der Waals surface area (Å²) in [7, 11) is 0. The summed E-state index contributed by atoms with van der Waals surface area (Å²) < 4.78 is 26.5. The van der Waals surface area contributed by atoms with Crippen molar-refractivity contribution >= 4 is 11.1 Å². The third-order valence-electron chi connectivity index (χ3n) is 1.31. The zero-order valence-electron chi connectivity index (χ0n) is 9.31. The minimum Gasteiger partial charge on any atom is -0.768 e. The number of nitrogens with zero attached hydrogens (tertiary/aromatic N) is 1. The normalized spacial score (nSPS) is 12.8. The molecule has 1 heterocycles. The summed E-state index contributed by atoms with van der Waals surface area (Å²) in [5.74, 6) is 0.423. The molecule has 0 radical (unpaired) electrons. The second kappa shape index (κ2) is 5.66. The van der Waals surface area contributed by atoms with Crippen LogP contribution in [0.2, 0.25) is 0 Å². The van der Waals surface area contributed by atoms with E-state index in [0.717, 1.165) is 0 Å². The Balaban J connectivity index is 0.00000196. The summed E-state index contributed by atoms with van der Waals surface area (Å²) in [6, 6.07) is 2.99. The largest absolute Gasteiger partial charge is 1.00 e. The summed E-state index contributed by atoms with van der Waals surface area (Å²) in [5.41, 5.74) is -0.328. The first-order valence-corrected chi connectivity index (χ1v) is 5.20. The molecule has 0 N–H and O–H groups in total. The van der Waals surface area contributed by atoms with E-state index in [1.165, 1.54) is 18.3 Å². The molecule has 0 aliphatic heterocycles. The van der Waals surface area contributed by atoms with Crippen molar-refractivity contribution in [1.82, 2.24) is 4.98 Å². The number of rotatable bonds is 2. The fourth-order valence-corrected chi connectivity index (χ4v) is 1.16. The van der Waals surface area contributed by atoms with Gasteiger partial charge in [0.2, 0.25) is 5.88 Å². The summed E-state index contributed by atoms with van der Waals surface area (Å²) in [6.07, 6.45) is 1.27. The van der Waals surface area contributed by atoms with E-state index in [1.807, 2.05) is 20.8 Å². The van der Waals surface area contributed by atoms with Gasteiger partial charge in [-0.25, -0.2) is 4.98 Å². The van der Waals surface area contributed by atoms with Crippen molar-refractivity contribution in [3.05, 3.63) is 18.3 Å². The number of ether oxygens (including phenoxy) is 1. The molecule has 15 heavy (non-hydrogen) atoms. The molecule has 1 unspecified atom stereocenters. The maximum Gasteiger partial charge on any atom is 1.00 e. The molecular weight excluding hydrogens is 209 g/mol. The van der Waals surface area contributed by atoms with Gasteiger partial charge in [0.1, 0.15) is 5.60 Å². The molecule has 1 aromatic heterocycles. The number of hydrogen-bond acceptors (Lipinski definition) is 4. The Kier molecular flexibility index (Phi) is 5.53. The molecule has 0 saturated carbocycles. The SMILES string of the molecule is CC(C)(C)Oc1ccc(S(=O)[O-])cn1.[Li+]. The Hall–Kier alpha value is -0.343. The zero-order chi connectivity index (χ0) is 10.8. The van der Waals surface area contributed by atoms with Crippen molar-refractivity contribution in [2.75, 3.05) is 0 Å². The molecule has 0 fully saturated rings. The first-order valence-electron chi connectivity index (χ1n) is 4.13. The van der Waals surface area contributed by atoms with E-state index >= 15 is 0 Å². The Bertz CT molecular complexity index is 334. The average molecular weight is 221 g/mol. The summed E-state index contributed by atoms with van der Waals surface area (Å²) in [4.78, 5) is 4.03. The Labute approximate surface area is 104 Å². The van der Waals surface area contributed by atoms with Gasteiger partial charge in [0, 0.05) is 17.2 Å². The van der Waals surface area contributed by atoms with Gasteiger partial charge in [-0.15, -0.1) is 0 Å². The third kappa shape index (κ3) is 5.33. The quantitative estimate of drug-likeness (QED) is 0.450. The van der Waals surface area contributed by atoms with Crippen LogP contribution in [0.1, 0.15) is 20.8 Å². The van der Waals surface area contributed by atoms with Crippen LogP contribution >= 0.6 is 0 Å². The van der Waals surface area contributed by atoms with Crippen LogP contribution < -0.4 is 23.6 Å². The first-order chi connectivity index (χ1) is 6.38. The average Bonchev–Trinajstić information content (AvgIpc) is 2.02. The molecule has 0 bridgehead atoms. The van der Waals surface area contributed by atoms with Crippen LogP contribution in [0.15, 0.2) is 23.2 Å². The third-order valence-corrected chi connectivity index (χ3v) is 1.94. The van der Waals surface area contributed by atoms with Crippen LogP contribution in [0.3, 0.4) is 0 Å². The molecule has 6 heteroatoms. The van der Waals surface area contributed by atoms with Gasteiger partial charge in [0.05, 0.1) is 0 Å². The molecule has 78 valence electrons. The van der Waals surface area contributed by atoms with E-state index in [4.69, 9.17) is 4.74 Å². The summed E-state index contributed by atoms with van der Waals surface area (Å²) in [6.45, 7) is 5.69. The van der Waals surface area contributed by atoms with Crippen LogP contribution in [-0.2, 0) is 11.1 Å². The molecule has 0 aromatic carbocycles. The smallest absolute Gasteiger partial charge is 0.768 e. The minimum absolute atomic E-state index is 0. The van der Waals surface area contributed by atoms with Gasteiger partial charge < -0.3 is 9.29 Å². The minimum atomic E-state index is -2.23. The Morgan fingerprint density at radius 3 is 2.33 bits per heavy atom. The molecular formula is C9H12LiNO3S. The molecule has 0 aliphatic carbocycles. The summed E-state index contributed by atoms with van der Waals surface area (Å²) in [5, 5.41) is 0. The van der Waals surface area contributed by atoms with Gasteiger partial charge in [-0.3, -0.25) is 4.21 Å². The van der Waals surface area contributed by atoms with Crippen molar-refractivity contribution in [3.8, 4) is 5.88 Å². The fourth-order valence-electron chi connectivity index (χ4n) is 0.839. The van der Waals surface area contributed by atoms with Crippen molar-refractivity contribution < 1.29 is 32.4 Å². The molecule has 4 nitrogen and oxygen atoms in total. The zero-order valence-corrected chi connectivity index (χ0v) is 10.1. The fraction of sp³-hybridized carbons (Fsp3) is 0.444. The van der Waals surface area contributed by atoms with Gasteiger partial charge in [-0.1, -0.05) is 0 Å². The van der Waals surface area contributed by atoms with Crippen molar-refractivity contribution in [2.45, 2.75) is 31.3 Å². The number of aromatic nitrogens is 1. The van der Waals surface area contributed by atoms with Gasteiger partial charge in [-0.2, -0.15) is 0 Å². The van der Waals surface area contributed by atoms with Gasteiger partial charge in [0.25, 0.3) is 0 Å². The predicted octanol–water partition coefficient (Wildman–Crippen LogP) is -1.50. The van der Waals surface area contributed by atoms with Crippen LogP contribution in [0, 0.1) is 0 Å². The monoisotopic (exact) mass is 221 g/mol. The van der Waals surface area contributed by atoms with E-state index in [2.05, 4.69) is 4.98 Å². The Morgan fingerprint density at radius 2 is 2.00 bits per heavy atom. The van der Waals surface area contributed by atoms with E-state index in [9.17, 15) is 8.76 Å². The van der Waals surface area contributed by atoms with E-state index in [0.29, 0.717) is 5.88 Å². The number of pyridine rings is 1. The van der Waals surface area contributed by atoms with Crippen LogP contribution in [0.25, 0.3) is 0 Å². The molecule has 1 rings (SSSR count). The van der Waals surface area contributed by atoms with E-state index in [1.54, 1.807) is 0 Å². The van der Waals surface area contributed by atoms with Crippen LogP contribution in [0.4, 0.5) is 0 Å². The maximum absolute atomic E-state index is 10.5. The Morgan fingerprint density at radius 1 is 1.40 bits per heavy atom. The van der Waals surface area contributed by atoms with Crippen molar-refractivity contribution in [3.63, 3.8) is 0 Å². The summed E-state index contributed by atoms with van der Waals surface area (Å²) >= 11 is -2.23. The van der Waals surface area contributed by atoms with Crippen LogP contribution in [0.5, 0.6) is 5.88 Å². The number of hydrogen-bond donors (Lipinski definition) is 0. The van der Waals surface area contributed by atoms with E-state index in [-0.39, 0.29) is 29.4 Å². The van der Waals surface area contributed by atoms with Crippen LogP contribution in [-0.4, -0.2) is 19.3 Å². The van der Waals surface area contributed by atoms with Gasteiger partial charge in [0.15, 0.2) is 0 Å². The maximum atomic E-state index is 10.5. The molecule has 0 amide bonds. The predicted molar refractivity (Wildman–Crippen MR) is 51.8 cm³/mol. The second-order valence-electron chi connectivity index (χ2n) is 3.78. The van der Waals surface area contributed by atoms with Crippen molar-refractivity contribution in [2.24, 2.45) is 0 Å². The topological polar surface area (TPSA) is 62.2 Å². The van der Waals surface area contributed by atoms with Crippen molar-refractivity contribution in [1.29, 1.82) is 0 Å². The second-order valence-corrected chi connectivity index (χ2v) is 4.72. The molecule has 0 spiro atoms. The standard InChI is InChI=1S/C9H13NO3S.Li/c1-9(2,3)13-8-5-4-7(6-10-8)14(11)12;/h4-6H,1-3H3,(H,11,12);/q;+1/p-1. The molecule has 0 saturated heterocycles. The van der Waals surface area contributed by atoms with Gasteiger partial charge in [-0.05, 0) is 37.9 Å². The first kappa shape index (κ1) is 14.7.